The third-order valence-electron chi connectivity index (χ3n) is 6.93. The van der Waals surface area contributed by atoms with Crippen molar-refractivity contribution < 1.29 is 14.3 Å². The normalized spacial score (nSPS) is 34.5. The Balaban J connectivity index is 1.38. The van der Waals surface area contributed by atoms with Gasteiger partial charge in [-0.25, -0.2) is 0 Å². The van der Waals surface area contributed by atoms with Crippen molar-refractivity contribution in [3.05, 3.63) is 35.9 Å². The van der Waals surface area contributed by atoms with Crippen LogP contribution in [0.5, 0.6) is 0 Å². The molecule has 4 saturated carbocycles. The third kappa shape index (κ3) is 3.04. The van der Waals surface area contributed by atoms with Gasteiger partial charge in [0, 0.05) is 6.54 Å². The van der Waals surface area contributed by atoms with Gasteiger partial charge >= 0.3 is 5.97 Å². The molecule has 0 saturated heterocycles. The molecular weight excluding hydrogens is 326 g/mol. The Kier molecular flexibility index (Phi) is 4.54. The van der Waals surface area contributed by atoms with Crippen LogP contribution >= 0.6 is 0 Å². The molecule has 5 rings (SSSR count). The van der Waals surface area contributed by atoms with Crippen LogP contribution in [0.4, 0.5) is 0 Å². The highest BCUT2D eigenvalue weighted by Crippen LogP contribution is 2.65. The summed E-state index contributed by atoms with van der Waals surface area (Å²) in [5.74, 6) is 1.09. The molecule has 1 aromatic rings. The second-order valence-corrected chi connectivity index (χ2v) is 8.86. The molecule has 2 unspecified atom stereocenters. The fourth-order valence-corrected chi connectivity index (χ4v) is 6.31. The quantitative estimate of drug-likeness (QED) is 0.628. The summed E-state index contributed by atoms with van der Waals surface area (Å²) in [6.45, 7) is 0.704. The molecule has 0 radical (unpaired) electrons. The molecule has 0 aromatic heterocycles. The van der Waals surface area contributed by atoms with E-state index in [9.17, 15) is 9.59 Å². The molecular formula is C22H29NO3. The molecule has 4 aliphatic rings. The van der Waals surface area contributed by atoms with Crippen LogP contribution < -0.4 is 5.32 Å². The van der Waals surface area contributed by atoms with E-state index in [1.54, 1.807) is 0 Å². The fourth-order valence-electron chi connectivity index (χ4n) is 6.31. The van der Waals surface area contributed by atoms with Crippen molar-refractivity contribution in [2.75, 3.05) is 13.7 Å². The van der Waals surface area contributed by atoms with Crippen molar-refractivity contribution in [3.8, 4) is 0 Å². The lowest BCUT2D eigenvalue weighted by Gasteiger charge is -2.59. The van der Waals surface area contributed by atoms with Gasteiger partial charge in [0.05, 0.1) is 17.9 Å². The summed E-state index contributed by atoms with van der Waals surface area (Å²) in [6.07, 6.45) is 7.52. The van der Waals surface area contributed by atoms with Gasteiger partial charge in [-0.05, 0) is 68.8 Å². The van der Waals surface area contributed by atoms with Crippen molar-refractivity contribution in [1.82, 2.24) is 5.32 Å². The summed E-state index contributed by atoms with van der Waals surface area (Å²) >= 11 is 0. The average Bonchev–Trinajstić information content (AvgIpc) is 2.64. The van der Waals surface area contributed by atoms with E-state index in [4.69, 9.17) is 4.74 Å². The summed E-state index contributed by atoms with van der Waals surface area (Å²) in [5.41, 5.74) is 0.562. The molecule has 4 aliphatic carbocycles. The van der Waals surface area contributed by atoms with Crippen LogP contribution in [0.15, 0.2) is 30.3 Å². The minimum Gasteiger partial charge on any atom is -0.469 e. The number of ether oxygens (including phenoxy) is 1. The number of carbonyl (C=O) groups excluding carboxylic acids is 2. The van der Waals surface area contributed by atoms with Crippen LogP contribution in [-0.4, -0.2) is 25.5 Å². The minimum absolute atomic E-state index is 0.0900. The number of esters is 1. The number of methoxy groups -OCH3 is 1. The highest BCUT2D eigenvalue weighted by Gasteiger charge is 2.63. The van der Waals surface area contributed by atoms with Gasteiger partial charge in [-0.1, -0.05) is 30.3 Å². The summed E-state index contributed by atoms with van der Waals surface area (Å²) in [6, 6.07) is 10.4. The first-order chi connectivity index (χ1) is 12.6. The molecule has 4 nitrogen and oxygen atoms in total. The number of carbonyl (C=O) groups is 2. The number of aryl methyl sites for hydroxylation is 1. The van der Waals surface area contributed by atoms with Crippen LogP contribution in [0.2, 0.25) is 0 Å². The van der Waals surface area contributed by atoms with Crippen molar-refractivity contribution in [2.24, 2.45) is 22.7 Å². The first-order valence-electron chi connectivity index (χ1n) is 9.96. The number of hydrogen-bond acceptors (Lipinski definition) is 3. The lowest BCUT2D eigenvalue weighted by molar-refractivity contribution is -0.181. The third-order valence-corrected chi connectivity index (χ3v) is 6.93. The maximum Gasteiger partial charge on any atom is 0.311 e. The molecule has 1 amide bonds. The number of amides is 1. The summed E-state index contributed by atoms with van der Waals surface area (Å²) in [5, 5.41) is 3.19. The van der Waals surface area contributed by atoms with E-state index in [0.717, 1.165) is 38.5 Å². The van der Waals surface area contributed by atoms with Gasteiger partial charge in [-0.2, -0.15) is 0 Å². The Bertz CT molecular complexity index is 670. The zero-order chi connectivity index (χ0) is 18.2. The van der Waals surface area contributed by atoms with Gasteiger partial charge in [0.2, 0.25) is 5.91 Å². The number of rotatable bonds is 6. The van der Waals surface area contributed by atoms with Gasteiger partial charge < -0.3 is 10.1 Å². The second kappa shape index (κ2) is 6.71. The zero-order valence-corrected chi connectivity index (χ0v) is 15.6. The van der Waals surface area contributed by atoms with E-state index in [1.165, 1.54) is 19.1 Å². The van der Waals surface area contributed by atoms with Crippen LogP contribution in [0.25, 0.3) is 0 Å². The predicted molar refractivity (Wildman–Crippen MR) is 99.3 cm³/mol. The summed E-state index contributed by atoms with van der Waals surface area (Å²) in [4.78, 5) is 25.6. The van der Waals surface area contributed by atoms with Gasteiger partial charge in [0.1, 0.15) is 0 Å². The number of nitrogens with one attached hydrogen (secondary N) is 1. The van der Waals surface area contributed by atoms with E-state index in [1.807, 2.05) is 6.07 Å². The minimum atomic E-state index is -0.403. The second-order valence-electron chi connectivity index (χ2n) is 8.86. The van der Waals surface area contributed by atoms with Crippen LogP contribution in [0.3, 0.4) is 0 Å². The molecule has 0 heterocycles. The first kappa shape index (κ1) is 17.6. The molecule has 4 fully saturated rings. The highest BCUT2D eigenvalue weighted by atomic mass is 16.5. The fraction of sp³-hybridized carbons (Fsp3) is 0.636. The van der Waals surface area contributed by atoms with Crippen LogP contribution in [0.1, 0.15) is 50.5 Å². The Morgan fingerprint density at radius 3 is 2.38 bits per heavy atom. The largest absolute Gasteiger partial charge is 0.469 e. The Morgan fingerprint density at radius 1 is 1.08 bits per heavy atom. The van der Waals surface area contributed by atoms with Gasteiger partial charge in [0.15, 0.2) is 0 Å². The molecule has 1 N–H and O–H groups in total. The number of hydrogen-bond donors (Lipinski definition) is 1. The molecule has 140 valence electrons. The first-order valence-corrected chi connectivity index (χ1v) is 9.96. The van der Waals surface area contributed by atoms with Crippen LogP contribution in [-0.2, 0) is 20.7 Å². The SMILES string of the molecule is COC(=O)C12CC3CC(CC(C(=O)NCCCc4ccccc4)(C3)C1)C2. The lowest BCUT2D eigenvalue weighted by atomic mass is 9.44. The van der Waals surface area contributed by atoms with E-state index in [2.05, 4.69) is 29.6 Å². The Labute approximate surface area is 155 Å². The van der Waals surface area contributed by atoms with Crippen molar-refractivity contribution >= 4 is 11.9 Å². The summed E-state index contributed by atoms with van der Waals surface area (Å²) < 4.78 is 5.14. The van der Waals surface area contributed by atoms with E-state index in [0.29, 0.717) is 24.8 Å². The van der Waals surface area contributed by atoms with Crippen molar-refractivity contribution in [3.63, 3.8) is 0 Å². The average molecular weight is 355 g/mol. The molecule has 2 atom stereocenters. The molecule has 0 spiro atoms. The molecule has 4 bridgehead atoms. The molecule has 4 heteroatoms. The standard InChI is InChI=1S/C22H29NO3/c1-26-20(25)22-13-17-10-18(14-22)12-21(11-17,15-22)19(24)23-9-5-8-16-6-3-2-4-7-16/h2-4,6-7,17-18H,5,8-15H2,1H3,(H,23,24). The Hall–Kier alpha value is -1.84. The zero-order valence-electron chi connectivity index (χ0n) is 15.6. The predicted octanol–water partition coefficient (Wildman–Crippen LogP) is 3.50. The molecule has 1 aromatic carbocycles. The monoisotopic (exact) mass is 355 g/mol. The molecule has 26 heavy (non-hydrogen) atoms. The van der Waals surface area contributed by atoms with E-state index in [-0.39, 0.29) is 17.3 Å². The maximum atomic E-state index is 13.1. The Morgan fingerprint density at radius 2 is 1.73 bits per heavy atom. The summed E-state index contributed by atoms with van der Waals surface area (Å²) in [7, 11) is 1.48. The van der Waals surface area contributed by atoms with Gasteiger partial charge in [-0.3, -0.25) is 9.59 Å². The smallest absolute Gasteiger partial charge is 0.311 e. The highest BCUT2D eigenvalue weighted by molar-refractivity contribution is 5.86. The lowest BCUT2D eigenvalue weighted by Crippen LogP contribution is -2.59. The van der Waals surface area contributed by atoms with Gasteiger partial charge in [0.25, 0.3) is 0 Å². The van der Waals surface area contributed by atoms with Crippen molar-refractivity contribution in [1.29, 1.82) is 0 Å². The van der Waals surface area contributed by atoms with Crippen molar-refractivity contribution in [2.45, 2.75) is 51.4 Å². The van der Waals surface area contributed by atoms with E-state index < -0.39 is 5.41 Å². The molecule has 0 aliphatic heterocycles. The van der Waals surface area contributed by atoms with Crippen LogP contribution in [0, 0.1) is 22.7 Å². The number of benzene rings is 1. The maximum absolute atomic E-state index is 13.1. The topological polar surface area (TPSA) is 55.4 Å². The van der Waals surface area contributed by atoms with Gasteiger partial charge in [-0.15, -0.1) is 0 Å². The van der Waals surface area contributed by atoms with E-state index >= 15 is 0 Å².